The van der Waals surface area contributed by atoms with Crippen molar-refractivity contribution in [3.8, 4) is 0 Å². The van der Waals surface area contributed by atoms with E-state index in [1.54, 1.807) is 11.3 Å². The highest BCUT2D eigenvalue weighted by Crippen LogP contribution is 2.48. The Hall–Kier alpha value is -1.65. The fourth-order valence-electron chi connectivity index (χ4n) is 3.29. The molecule has 0 radical (unpaired) electrons. The number of benzene rings is 1. The first-order chi connectivity index (χ1) is 14.1. The van der Waals surface area contributed by atoms with Gasteiger partial charge in [0, 0.05) is 28.9 Å². The van der Waals surface area contributed by atoms with Gasteiger partial charge in [-0.25, -0.2) is 4.99 Å². The normalized spacial score (nSPS) is 14.8. The Labute approximate surface area is 203 Å². The molecule has 1 saturated carbocycles. The van der Waals surface area contributed by atoms with Crippen molar-refractivity contribution in [2.24, 2.45) is 12.0 Å². The van der Waals surface area contributed by atoms with Crippen LogP contribution in [0.25, 0.3) is 0 Å². The highest BCUT2D eigenvalue weighted by molar-refractivity contribution is 14.0. The number of aryl methyl sites for hydroxylation is 1. The van der Waals surface area contributed by atoms with Crippen molar-refractivity contribution >= 4 is 52.9 Å². The Morgan fingerprint density at radius 3 is 2.70 bits per heavy atom. The summed E-state index contributed by atoms with van der Waals surface area (Å²) in [4.78, 5) is 6.03. The minimum atomic E-state index is 0. The summed E-state index contributed by atoms with van der Waals surface area (Å²) in [6.45, 7) is 3.98. The van der Waals surface area contributed by atoms with Crippen LogP contribution in [0.4, 0.5) is 0 Å². The summed E-state index contributed by atoms with van der Waals surface area (Å²) >= 11 is 7.95. The topological polar surface area (TPSA) is 67.1 Å². The highest BCUT2D eigenvalue weighted by Gasteiger charge is 2.44. The molecular formula is C21H26ClIN6S. The van der Waals surface area contributed by atoms with Crippen LogP contribution in [0.1, 0.15) is 34.9 Å². The molecule has 2 heterocycles. The Morgan fingerprint density at radius 2 is 2.07 bits per heavy atom. The monoisotopic (exact) mass is 556 g/mol. The minimum Gasteiger partial charge on any atom is -0.355 e. The molecule has 9 heteroatoms. The van der Waals surface area contributed by atoms with Crippen molar-refractivity contribution in [1.82, 2.24) is 25.4 Å². The first-order valence-electron chi connectivity index (χ1n) is 9.71. The maximum Gasteiger partial charge on any atom is 0.192 e. The second-order valence-corrected chi connectivity index (χ2v) is 8.93. The zero-order chi connectivity index (χ0) is 20.3. The lowest BCUT2D eigenvalue weighted by Crippen LogP contribution is -2.41. The smallest absolute Gasteiger partial charge is 0.192 e. The van der Waals surface area contributed by atoms with Gasteiger partial charge in [0.15, 0.2) is 11.8 Å². The number of rotatable bonds is 7. The number of thiophene rings is 1. The lowest BCUT2D eigenvalue weighted by molar-refractivity contribution is 0.642. The largest absolute Gasteiger partial charge is 0.355 e. The Bertz CT molecular complexity index is 997. The molecule has 1 aromatic carbocycles. The molecule has 6 nitrogen and oxygen atoms in total. The zero-order valence-corrected chi connectivity index (χ0v) is 21.0. The van der Waals surface area contributed by atoms with Crippen LogP contribution in [0, 0.1) is 6.92 Å². The number of aromatic nitrogens is 3. The first kappa shape index (κ1) is 23.0. The van der Waals surface area contributed by atoms with Crippen molar-refractivity contribution in [1.29, 1.82) is 0 Å². The van der Waals surface area contributed by atoms with Crippen LogP contribution in [0.15, 0.2) is 46.8 Å². The minimum absolute atomic E-state index is 0. The second-order valence-electron chi connectivity index (χ2n) is 7.46. The second kappa shape index (κ2) is 10.1. The molecule has 160 valence electrons. The van der Waals surface area contributed by atoms with E-state index >= 15 is 0 Å². The number of guanidine groups is 1. The number of aliphatic imine (C=N–C) groups is 1. The molecule has 2 N–H and O–H groups in total. The molecule has 3 aromatic rings. The molecule has 0 aliphatic heterocycles. The molecule has 1 aliphatic carbocycles. The van der Waals surface area contributed by atoms with E-state index in [9.17, 15) is 0 Å². The van der Waals surface area contributed by atoms with Crippen LogP contribution >= 0.6 is 46.9 Å². The van der Waals surface area contributed by atoms with Crippen LogP contribution in [-0.2, 0) is 25.6 Å². The fraction of sp³-hybridized carbons (Fsp3) is 0.381. The van der Waals surface area contributed by atoms with Crippen molar-refractivity contribution in [2.75, 3.05) is 6.54 Å². The average molecular weight is 557 g/mol. The van der Waals surface area contributed by atoms with Gasteiger partial charge in [-0.2, -0.15) is 0 Å². The standard InChI is InChI=1S/C21H25ClN6S.HI/c1-15-26-27-19(28(15)2)13-24-20(23-12-18-7-4-10-29-18)25-14-21(8-9-21)16-5-3-6-17(22)11-16;/h3-7,10-11H,8-9,12-14H2,1-2H3,(H2,23,24,25);1H. The number of nitrogens with zero attached hydrogens (tertiary/aromatic N) is 4. The molecule has 0 amide bonds. The zero-order valence-electron chi connectivity index (χ0n) is 17.1. The van der Waals surface area contributed by atoms with E-state index < -0.39 is 0 Å². The molecule has 4 rings (SSSR count). The highest BCUT2D eigenvalue weighted by atomic mass is 127. The van der Waals surface area contributed by atoms with E-state index in [1.165, 1.54) is 10.4 Å². The number of nitrogens with one attached hydrogen (secondary N) is 2. The van der Waals surface area contributed by atoms with E-state index in [2.05, 4.69) is 50.5 Å². The fourth-order valence-corrected chi connectivity index (χ4v) is 4.12. The summed E-state index contributed by atoms with van der Waals surface area (Å²) < 4.78 is 1.97. The van der Waals surface area contributed by atoms with Gasteiger partial charge in [-0.3, -0.25) is 0 Å². The van der Waals surface area contributed by atoms with E-state index in [-0.39, 0.29) is 29.4 Å². The molecule has 0 saturated heterocycles. The lowest BCUT2D eigenvalue weighted by atomic mass is 9.96. The summed E-state index contributed by atoms with van der Waals surface area (Å²) in [7, 11) is 1.96. The van der Waals surface area contributed by atoms with Gasteiger partial charge < -0.3 is 15.2 Å². The van der Waals surface area contributed by atoms with E-state index in [1.807, 2.05) is 30.7 Å². The molecular weight excluding hydrogens is 531 g/mol. The van der Waals surface area contributed by atoms with E-state index in [0.29, 0.717) is 6.54 Å². The van der Waals surface area contributed by atoms with E-state index in [4.69, 9.17) is 16.6 Å². The first-order valence-corrected chi connectivity index (χ1v) is 11.0. The number of halogens is 2. The SMILES string of the molecule is Cc1nnc(CN=C(NCc2cccs2)NCC2(c3cccc(Cl)c3)CC2)n1C.I. The molecule has 30 heavy (non-hydrogen) atoms. The van der Waals surface area contributed by atoms with Crippen LogP contribution < -0.4 is 10.6 Å². The quantitative estimate of drug-likeness (QED) is 0.257. The van der Waals surface area contributed by atoms with Crippen molar-refractivity contribution in [3.63, 3.8) is 0 Å². The van der Waals surface area contributed by atoms with Gasteiger partial charge >= 0.3 is 0 Å². The van der Waals surface area contributed by atoms with Crippen molar-refractivity contribution < 1.29 is 0 Å². The predicted octanol–water partition coefficient (Wildman–Crippen LogP) is 4.42. The van der Waals surface area contributed by atoms with Gasteiger partial charge in [0.25, 0.3) is 0 Å². The lowest BCUT2D eigenvalue weighted by Gasteiger charge is -2.19. The predicted molar refractivity (Wildman–Crippen MR) is 134 cm³/mol. The third-order valence-electron chi connectivity index (χ3n) is 5.46. The molecule has 1 fully saturated rings. The Morgan fingerprint density at radius 1 is 1.23 bits per heavy atom. The summed E-state index contributed by atoms with van der Waals surface area (Å²) in [5, 5.41) is 18.2. The van der Waals surface area contributed by atoms with Crippen LogP contribution in [0.5, 0.6) is 0 Å². The number of hydrogen-bond donors (Lipinski definition) is 2. The summed E-state index contributed by atoms with van der Waals surface area (Å²) in [5.41, 5.74) is 1.43. The van der Waals surface area contributed by atoms with Gasteiger partial charge in [-0.05, 0) is 48.9 Å². The molecule has 0 bridgehead atoms. The summed E-state index contributed by atoms with van der Waals surface area (Å²) in [5.74, 6) is 2.51. The van der Waals surface area contributed by atoms with Gasteiger partial charge in [0.05, 0.1) is 6.54 Å². The van der Waals surface area contributed by atoms with Crippen LogP contribution in [0.2, 0.25) is 5.02 Å². The van der Waals surface area contributed by atoms with Gasteiger partial charge in [-0.15, -0.1) is 45.5 Å². The van der Waals surface area contributed by atoms with Crippen LogP contribution in [0.3, 0.4) is 0 Å². The van der Waals surface area contributed by atoms with Crippen LogP contribution in [-0.4, -0.2) is 27.3 Å². The Balaban J connectivity index is 0.00000256. The van der Waals surface area contributed by atoms with E-state index in [0.717, 1.165) is 48.6 Å². The van der Waals surface area contributed by atoms with Gasteiger partial charge in [0.1, 0.15) is 12.4 Å². The maximum atomic E-state index is 6.21. The Kier molecular flexibility index (Phi) is 7.75. The maximum absolute atomic E-state index is 6.21. The molecule has 2 aromatic heterocycles. The molecule has 0 spiro atoms. The number of hydrogen-bond acceptors (Lipinski definition) is 4. The average Bonchev–Trinajstić information content (AvgIpc) is 3.20. The summed E-state index contributed by atoms with van der Waals surface area (Å²) in [6.07, 6.45) is 2.31. The summed E-state index contributed by atoms with van der Waals surface area (Å²) in [6, 6.07) is 12.4. The molecule has 0 atom stereocenters. The third kappa shape index (κ3) is 5.53. The third-order valence-corrected chi connectivity index (χ3v) is 6.57. The van der Waals surface area contributed by atoms with Crippen molar-refractivity contribution in [2.45, 2.75) is 38.3 Å². The van der Waals surface area contributed by atoms with Gasteiger partial charge in [-0.1, -0.05) is 29.8 Å². The molecule has 1 aliphatic rings. The van der Waals surface area contributed by atoms with Crippen molar-refractivity contribution in [3.05, 3.63) is 68.9 Å². The van der Waals surface area contributed by atoms with Gasteiger partial charge in [0.2, 0.25) is 0 Å². The molecule has 0 unspecified atom stereocenters.